The van der Waals surface area contributed by atoms with Gasteiger partial charge < -0.3 is 5.73 Å². The molecule has 0 saturated carbocycles. The number of hydrogen-bond donors (Lipinski definition) is 1. The van der Waals surface area contributed by atoms with Crippen molar-refractivity contribution in [1.29, 1.82) is 0 Å². The quantitative estimate of drug-likeness (QED) is 0.535. The van der Waals surface area contributed by atoms with Gasteiger partial charge in [-0.05, 0) is 19.3 Å². The molecule has 1 unspecified atom stereocenters. The van der Waals surface area contributed by atoms with E-state index < -0.39 is 0 Å². The highest BCUT2D eigenvalue weighted by atomic mass is 15.6. The zero-order valence-electron chi connectivity index (χ0n) is 7.00. The van der Waals surface area contributed by atoms with Gasteiger partial charge in [0.25, 0.3) is 0 Å². The lowest BCUT2D eigenvalue weighted by Gasteiger charge is -2.44. The van der Waals surface area contributed by atoms with Crippen LogP contribution >= 0.6 is 0 Å². The van der Waals surface area contributed by atoms with Gasteiger partial charge in [-0.1, -0.05) is 0 Å². The molecule has 0 aliphatic carbocycles. The minimum atomic E-state index is 0.421. The molecule has 2 rings (SSSR count). The van der Waals surface area contributed by atoms with Gasteiger partial charge in [0.1, 0.15) is 0 Å². The van der Waals surface area contributed by atoms with Crippen molar-refractivity contribution in [3.8, 4) is 0 Å². The van der Waals surface area contributed by atoms with Crippen molar-refractivity contribution in [2.45, 2.75) is 25.3 Å². The van der Waals surface area contributed by atoms with Crippen molar-refractivity contribution < 1.29 is 0 Å². The highest BCUT2D eigenvalue weighted by Gasteiger charge is 2.25. The van der Waals surface area contributed by atoms with Gasteiger partial charge in [0.15, 0.2) is 0 Å². The van der Waals surface area contributed by atoms with Crippen LogP contribution in [-0.2, 0) is 0 Å². The lowest BCUT2D eigenvalue weighted by molar-refractivity contribution is -0.0780. The summed E-state index contributed by atoms with van der Waals surface area (Å²) < 4.78 is 0. The maximum absolute atomic E-state index is 5.87. The summed E-state index contributed by atoms with van der Waals surface area (Å²) in [5, 5.41) is 4.89. The van der Waals surface area contributed by atoms with Crippen molar-refractivity contribution in [3.63, 3.8) is 0 Å². The molecule has 0 aromatic rings. The minimum absolute atomic E-state index is 0.421. The van der Waals surface area contributed by atoms with E-state index in [-0.39, 0.29) is 0 Å². The molecule has 0 aromatic carbocycles. The van der Waals surface area contributed by atoms with Gasteiger partial charge in [0.05, 0.1) is 0 Å². The Morgan fingerprint density at radius 1 is 1.00 bits per heavy atom. The third-order valence-electron chi connectivity index (χ3n) is 2.69. The average molecular weight is 155 g/mol. The largest absolute Gasteiger partial charge is 0.326 e. The summed E-state index contributed by atoms with van der Waals surface area (Å²) in [7, 11) is 0. The monoisotopic (exact) mass is 155 g/mol. The summed E-state index contributed by atoms with van der Waals surface area (Å²) in [5.41, 5.74) is 5.87. The Labute approximate surface area is 68.1 Å². The Kier molecular flexibility index (Phi) is 2.11. The van der Waals surface area contributed by atoms with Crippen LogP contribution in [0.5, 0.6) is 0 Å². The van der Waals surface area contributed by atoms with E-state index in [4.69, 9.17) is 5.73 Å². The van der Waals surface area contributed by atoms with Crippen LogP contribution in [0.2, 0.25) is 0 Å². The molecule has 0 spiro atoms. The highest BCUT2D eigenvalue weighted by Crippen LogP contribution is 2.16. The molecular formula is C8H17N3. The molecule has 3 heteroatoms. The normalized spacial score (nSPS) is 35.2. The second kappa shape index (κ2) is 3.09. The van der Waals surface area contributed by atoms with Crippen molar-refractivity contribution in [2.24, 2.45) is 5.73 Å². The van der Waals surface area contributed by atoms with Gasteiger partial charge >= 0.3 is 0 Å². The molecule has 3 nitrogen and oxygen atoms in total. The SMILES string of the molecule is NC1CCN2CCCCN2C1. The molecule has 0 radical (unpaired) electrons. The van der Waals surface area contributed by atoms with Crippen LogP contribution in [0.4, 0.5) is 0 Å². The predicted molar refractivity (Wildman–Crippen MR) is 45.0 cm³/mol. The first-order chi connectivity index (χ1) is 5.36. The summed E-state index contributed by atoms with van der Waals surface area (Å²) in [6, 6.07) is 0.421. The van der Waals surface area contributed by atoms with Gasteiger partial charge in [0.2, 0.25) is 0 Å². The Balaban J connectivity index is 1.93. The first-order valence-electron chi connectivity index (χ1n) is 4.61. The number of fused-ring (bicyclic) bond motifs is 1. The van der Waals surface area contributed by atoms with Crippen LogP contribution in [0.25, 0.3) is 0 Å². The first kappa shape index (κ1) is 7.53. The van der Waals surface area contributed by atoms with Gasteiger partial charge in [-0.2, -0.15) is 0 Å². The van der Waals surface area contributed by atoms with Crippen LogP contribution in [0.3, 0.4) is 0 Å². The summed E-state index contributed by atoms with van der Waals surface area (Å²) in [5.74, 6) is 0. The van der Waals surface area contributed by atoms with E-state index in [1.807, 2.05) is 0 Å². The summed E-state index contributed by atoms with van der Waals surface area (Å²) in [6.45, 7) is 4.75. The average Bonchev–Trinajstić information content (AvgIpc) is 2.04. The lowest BCUT2D eigenvalue weighted by Crippen LogP contribution is -2.56. The molecule has 2 fully saturated rings. The summed E-state index contributed by atoms with van der Waals surface area (Å²) in [6.07, 6.45) is 3.89. The molecule has 0 bridgehead atoms. The Morgan fingerprint density at radius 2 is 1.73 bits per heavy atom. The smallest absolute Gasteiger partial charge is 0.0285 e. The zero-order chi connectivity index (χ0) is 7.68. The lowest BCUT2D eigenvalue weighted by atomic mass is 10.1. The van der Waals surface area contributed by atoms with E-state index in [1.165, 1.54) is 38.9 Å². The molecule has 11 heavy (non-hydrogen) atoms. The maximum Gasteiger partial charge on any atom is 0.0285 e. The van der Waals surface area contributed by atoms with Crippen LogP contribution in [0.1, 0.15) is 19.3 Å². The standard InChI is InChI=1S/C8H17N3/c9-8-3-6-10-4-1-2-5-11(10)7-8/h8H,1-7,9H2. The molecule has 2 aliphatic rings. The number of hydrogen-bond acceptors (Lipinski definition) is 3. The van der Waals surface area contributed by atoms with E-state index in [2.05, 4.69) is 10.0 Å². The molecule has 2 heterocycles. The summed E-state index contributed by atoms with van der Waals surface area (Å²) >= 11 is 0. The highest BCUT2D eigenvalue weighted by molar-refractivity contribution is 4.77. The van der Waals surface area contributed by atoms with Crippen molar-refractivity contribution in [2.75, 3.05) is 26.2 Å². The molecule has 2 N–H and O–H groups in total. The minimum Gasteiger partial charge on any atom is -0.326 e. The fourth-order valence-corrected chi connectivity index (χ4v) is 2.01. The van der Waals surface area contributed by atoms with Crippen LogP contribution in [0, 0.1) is 0 Å². The third-order valence-corrected chi connectivity index (χ3v) is 2.69. The molecule has 1 atom stereocenters. The maximum atomic E-state index is 5.87. The van der Waals surface area contributed by atoms with Gasteiger partial charge in [-0.25, -0.2) is 10.0 Å². The molecule has 0 amide bonds. The molecule has 2 saturated heterocycles. The van der Waals surface area contributed by atoms with Crippen LogP contribution in [0.15, 0.2) is 0 Å². The Morgan fingerprint density at radius 3 is 2.55 bits per heavy atom. The number of rotatable bonds is 0. The second-order valence-corrected chi connectivity index (χ2v) is 3.62. The Bertz CT molecular complexity index is 137. The van der Waals surface area contributed by atoms with Crippen molar-refractivity contribution in [3.05, 3.63) is 0 Å². The molecule has 64 valence electrons. The molecular weight excluding hydrogens is 138 g/mol. The molecule has 0 aromatic heterocycles. The van der Waals surface area contributed by atoms with E-state index >= 15 is 0 Å². The number of hydrazine groups is 1. The van der Waals surface area contributed by atoms with Gasteiger partial charge in [0, 0.05) is 32.2 Å². The number of nitrogens with zero attached hydrogens (tertiary/aromatic N) is 2. The van der Waals surface area contributed by atoms with Crippen LogP contribution < -0.4 is 5.73 Å². The fraction of sp³-hybridized carbons (Fsp3) is 1.00. The van der Waals surface area contributed by atoms with Crippen molar-refractivity contribution in [1.82, 2.24) is 10.0 Å². The van der Waals surface area contributed by atoms with E-state index in [0.717, 1.165) is 6.54 Å². The summed E-state index contributed by atoms with van der Waals surface area (Å²) in [4.78, 5) is 0. The van der Waals surface area contributed by atoms with E-state index in [9.17, 15) is 0 Å². The Hall–Kier alpha value is -0.120. The topological polar surface area (TPSA) is 32.5 Å². The predicted octanol–water partition coefficient (Wildman–Crippen LogP) is 0.0302. The van der Waals surface area contributed by atoms with Crippen LogP contribution in [-0.4, -0.2) is 42.2 Å². The fourth-order valence-electron chi connectivity index (χ4n) is 2.01. The van der Waals surface area contributed by atoms with Gasteiger partial charge in [-0.15, -0.1) is 0 Å². The van der Waals surface area contributed by atoms with Gasteiger partial charge in [-0.3, -0.25) is 0 Å². The van der Waals surface area contributed by atoms with Crippen molar-refractivity contribution >= 4 is 0 Å². The zero-order valence-corrected chi connectivity index (χ0v) is 7.00. The van der Waals surface area contributed by atoms with E-state index in [1.54, 1.807) is 0 Å². The third kappa shape index (κ3) is 1.55. The second-order valence-electron chi connectivity index (χ2n) is 3.62. The van der Waals surface area contributed by atoms with E-state index in [0.29, 0.717) is 6.04 Å². The first-order valence-corrected chi connectivity index (χ1v) is 4.61. The number of nitrogens with two attached hydrogens (primary N) is 1. The molecule has 2 aliphatic heterocycles.